The van der Waals surface area contributed by atoms with E-state index in [0.29, 0.717) is 23.8 Å². The van der Waals surface area contributed by atoms with Crippen molar-refractivity contribution in [2.24, 2.45) is 0 Å². The maximum Gasteiger partial charge on any atom is 0.346 e. The standard InChI is InChI=1S/C18H21N3O3/c1-3-4-5-6-10-24-17-15(11-14(12-19)18(22)23)21-9-7-8-13(2)16(21)20-17/h7-9,11H,3-6,10H2,1-2H3,(H,22,23). The zero-order valence-electron chi connectivity index (χ0n) is 14.0. The summed E-state index contributed by atoms with van der Waals surface area (Å²) >= 11 is 0. The number of aryl methyl sites for hydroxylation is 1. The third-order valence-electron chi connectivity index (χ3n) is 3.72. The maximum absolute atomic E-state index is 11.1. The lowest BCUT2D eigenvalue weighted by Crippen LogP contribution is -2.01. The molecule has 0 unspecified atom stereocenters. The quantitative estimate of drug-likeness (QED) is 0.455. The van der Waals surface area contributed by atoms with Crippen molar-refractivity contribution in [1.29, 1.82) is 5.26 Å². The van der Waals surface area contributed by atoms with Gasteiger partial charge in [0, 0.05) is 6.20 Å². The fourth-order valence-electron chi connectivity index (χ4n) is 2.42. The van der Waals surface area contributed by atoms with Crippen LogP contribution in [-0.2, 0) is 4.79 Å². The number of ether oxygens (including phenoxy) is 1. The van der Waals surface area contributed by atoms with E-state index >= 15 is 0 Å². The van der Waals surface area contributed by atoms with Gasteiger partial charge in [-0.25, -0.2) is 4.79 Å². The van der Waals surface area contributed by atoms with E-state index in [-0.39, 0.29) is 5.57 Å². The van der Waals surface area contributed by atoms with E-state index in [2.05, 4.69) is 11.9 Å². The van der Waals surface area contributed by atoms with Gasteiger partial charge in [-0.15, -0.1) is 0 Å². The Morgan fingerprint density at radius 3 is 2.92 bits per heavy atom. The van der Waals surface area contributed by atoms with Gasteiger partial charge in [-0.1, -0.05) is 32.3 Å². The summed E-state index contributed by atoms with van der Waals surface area (Å²) in [5, 5.41) is 18.1. The highest BCUT2D eigenvalue weighted by molar-refractivity contribution is 5.96. The smallest absolute Gasteiger partial charge is 0.346 e. The molecule has 24 heavy (non-hydrogen) atoms. The van der Waals surface area contributed by atoms with Crippen LogP contribution in [0.2, 0.25) is 0 Å². The Labute approximate surface area is 141 Å². The molecule has 2 aromatic rings. The Balaban J connectivity index is 2.38. The fourth-order valence-corrected chi connectivity index (χ4v) is 2.42. The number of pyridine rings is 1. The molecule has 0 aliphatic carbocycles. The van der Waals surface area contributed by atoms with Gasteiger partial charge in [-0.2, -0.15) is 10.2 Å². The first kappa shape index (κ1) is 17.5. The lowest BCUT2D eigenvalue weighted by atomic mass is 10.2. The zero-order chi connectivity index (χ0) is 17.5. The highest BCUT2D eigenvalue weighted by Crippen LogP contribution is 2.25. The number of unbranched alkanes of at least 4 members (excludes halogenated alkanes) is 3. The van der Waals surface area contributed by atoms with E-state index in [0.717, 1.165) is 31.2 Å². The summed E-state index contributed by atoms with van der Waals surface area (Å²) in [7, 11) is 0. The molecule has 6 heteroatoms. The van der Waals surface area contributed by atoms with Crippen LogP contribution >= 0.6 is 0 Å². The minimum Gasteiger partial charge on any atom is -0.477 e. The van der Waals surface area contributed by atoms with Crippen molar-refractivity contribution in [3.05, 3.63) is 35.2 Å². The van der Waals surface area contributed by atoms with Crippen LogP contribution in [-0.4, -0.2) is 27.1 Å². The Hall–Kier alpha value is -2.81. The lowest BCUT2D eigenvalue weighted by Gasteiger charge is -2.04. The predicted octanol–water partition coefficient (Wildman–Crippen LogP) is 3.59. The van der Waals surface area contributed by atoms with Crippen molar-refractivity contribution < 1.29 is 14.6 Å². The number of rotatable bonds is 8. The summed E-state index contributed by atoms with van der Waals surface area (Å²) < 4.78 is 7.52. The van der Waals surface area contributed by atoms with Crippen LogP contribution in [0.15, 0.2) is 23.9 Å². The Morgan fingerprint density at radius 1 is 1.46 bits per heavy atom. The molecule has 0 aliphatic heterocycles. The molecule has 0 aromatic carbocycles. The number of nitriles is 1. The summed E-state index contributed by atoms with van der Waals surface area (Å²) in [6.07, 6.45) is 7.37. The second-order valence-electron chi connectivity index (χ2n) is 5.57. The Bertz CT molecular complexity index is 800. The highest BCUT2D eigenvalue weighted by Gasteiger charge is 2.16. The first-order valence-corrected chi connectivity index (χ1v) is 8.04. The molecule has 2 aromatic heterocycles. The second kappa shape index (κ2) is 8.16. The summed E-state index contributed by atoms with van der Waals surface area (Å²) in [6.45, 7) is 4.58. The molecule has 0 bridgehead atoms. The molecular weight excluding hydrogens is 306 g/mol. The van der Waals surface area contributed by atoms with E-state index in [4.69, 9.17) is 15.1 Å². The van der Waals surface area contributed by atoms with E-state index < -0.39 is 5.97 Å². The number of hydrogen-bond acceptors (Lipinski definition) is 4. The van der Waals surface area contributed by atoms with E-state index in [1.54, 1.807) is 16.7 Å². The summed E-state index contributed by atoms with van der Waals surface area (Å²) in [6, 6.07) is 5.46. The molecule has 126 valence electrons. The fraction of sp³-hybridized carbons (Fsp3) is 0.389. The minimum absolute atomic E-state index is 0.353. The van der Waals surface area contributed by atoms with Crippen molar-refractivity contribution in [3.63, 3.8) is 0 Å². The van der Waals surface area contributed by atoms with Gasteiger partial charge in [-0.05, 0) is 31.1 Å². The van der Waals surface area contributed by atoms with Crippen LogP contribution in [0, 0.1) is 18.3 Å². The summed E-state index contributed by atoms with van der Waals surface area (Å²) in [5.74, 6) is -0.913. The molecule has 0 amide bonds. The van der Waals surface area contributed by atoms with Gasteiger partial charge in [0.1, 0.15) is 23.0 Å². The van der Waals surface area contributed by atoms with Crippen LogP contribution in [0.3, 0.4) is 0 Å². The number of imidazole rings is 1. The number of aliphatic carboxylic acids is 1. The number of nitrogens with zero attached hydrogens (tertiary/aromatic N) is 3. The van der Waals surface area contributed by atoms with Crippen molar-refractivity contribution >= 4 is 17.7 Å². The van der Waals surface area contributed by atoms with Crippen molar-refractivity contribution in [3.8, 4) is 11.9 Å². The van der Waals surface area contributed by atoms with Crippen LogP contribution in [0.1, 0.15) is 43.9 Å². The molecular formula is C18H21N3O3. The maximum atomic E-state index is 11.1. The predicted molar refractivity (Wildman–Crippen MR) is 90.8 cm³/mol. The average molecular weight is 327 g/mol. The zero-order valence-corrected chi connectivity index (χ0v) is 14.0. The molecule has 0 spiro atoms. The van der Waals surface area contributed by atoms with Gasteiger partial charge in [0.05, 0.1) is 6.61 Å². The van der Waals surface area contributed by atoms with Gasteiger partial charge in [0.25, 0.3) is 0 Å². The monoisotopic (exact) mass is 327 g/mol. The average Bonchev–Trinajstić information content (AvgIpc) is 2.91. The van der Waals surface area contributed by atoms with Crippen LogP contribution in [0.5, 0.6) is 5.88 Å². The van der Waals surface area contributed by atoms with Crippen molar-refractivity contribution in [2.45, 2.75) is 39.5 Å². The van der Waals surface area contributed by atoms with Gasteiger partial charge < -0.3 is 9.84 Å². The first-order valence-electron chi connectivity index (χ1n) is 8.04. The number of hydrogen-bond donors (Lipinski definition) is 1. The van der Waals surface area contributed by atoms with Crippen molar-refractivity contribution in [2.75, 3.05) is 6.61 Å². The lowest BCUT2D eigenvalue weighted by molar-refractivity contribution is -0.132. The molecule has 0 radical (unpaired) electrons. The van der Waals surface area contributed by atoms with E-state index in [1.165, 1.54) is 6.08 Å². The Kier molecular flexibility index (Phi) is 5.96. The highest BCUT2D eigenvalue weighted by atomic mass is 16.5. The summed E-state index contributed by atoms with van der Waals surface area (Å²) in [5.41, 5.74) is 1.76. The Morgan fingerprint density at radius 2 is 2.25 bits per heavy atom. The molecule has 1 N–H and O–H groups in total. The number of carboxylic acid groups (broad SMARTS) is 1. The SMILES string of the molecule is CCCCCCOc1nc2c(C)cccn2c1C=C(C#N)C(=O)O. The summed E-state index contributed by atoms with van der Waals surface area (Å²) in [4.78, 5) is 15.6. The van der Waals surface area contributed by atoms with Gasteiger partial charge >= 0.3 is 5.97 Å². The van der Waals surface area contributed by atoms with Gasteiger partial charge in [0.15, 0.2) is 0 Å². The third kappa shape index (κ3) is 3.93. The molecule has 0 atom stereocenters. The first-order chi connectivity index (χ1) is 11.6. The molecule has 6 nitrogen and oxygen atoms in total. The molecule has 0 saturated carbocycles. The molecule has 0 saturated heterocycles. The molecule has 0 fully saturated rings. The molecule has 2 heterocycles. The molecule has 0 aliphatic rings. The second-order valence-corrected chi connectivity index (χ2v) is 5.57. The number of carbonyl (C=O) groups is 1. The number of fused-ring (bicyclic) bond motifs is 1. The molecule has 2 rings (SSSR count). The minimum atomic E-state index is -1.27. The van der Waals surface area contributed by atoms with Gasteiger partial charge in [0.2, 0.25) is 5.88 Å². The topological polar surface area (TPSA) is 87.6 Å². The van der Waals surface area contributed by atoms with Crippen LogP contribution in [0.25, 0.3) is 11.7 Å². The van der Waals surface area contributed by atoms with Crippen LogP contribution in [0.4, 0.5) is 0 Å². The van der Waals surface area contributed by atoms with E-state index in [9.17, 15) is 4.79 Å². The third-order valence-corrected chi connectivity index (χ3v) is 3.72. The normalized spacial score (nSPS) is 11.5. The largest absolute Gasteiger partial charge is 0.477 e. The number of aromatic nitrogens is 2. The van der Waals surface area contributed by atoms with Crippen molar-refractivity contribution in [1.82, 2.24) is 9.38 Å². The van der Waals surface area contributed by atoms with Crippen LogP contribution < -0.4 is 4.74 Å². The van der Waals surface area contributed by atoms with Gasteiger partial charge in [-0.3, -0.25) is 4.40 Å². The number of carboxylic acids is 1. The van der Waals surface area contributed by atoms with E-state index in [1.807, 2.05) is 19.1 Å².